The fraction of sp³-hybridized carbons (Fsp3) is 0.462. The van der Waals surface area contributed by atoms with Crippen LogP contribution in [0.1, 0.15) is 19.3 Å². The molecule has 3 rings (SSSR count). The number of nitrogens with one attached hydrogen (secondary N) is 2. The second kappa shape index (κ2) is 4.72. The Hall–Kier alpha value is -1.20. The highest BCUT2D eigenvalue weighted by molar-refractivity contribution is 6.31. The van der Waals surface area contributed by atoms with Crippen molar-refractivity contribution in [1.82, 2.24) is 5.32 Å². The molecule has 19 heavy (non-hydrogen) atoms. The molecule has 1 aliphatic heterocycles. The highest BCUT2D eigenvalue weighted by atomic mass is 35.5. The summed E-state index contributed by atoms with van der Waals surface area (Å²) in [7, 11) is 0. The zero-order valence-corrected chi connectivity index (χ0v) is 10.8. The summed E-state index contributed by atoms with van der Waals surface area (Å²) in [5.74, 6) is -1.74. The summed E-state index contributed by atoms with van der Waals surface area (Å²) in [6, 6.07) is 2.32. The first-order chi connectivity index (χ1) is 9.06. The molecule has 1 aromatic carbocycles. The maximum absolute atomic E-state index is 13.7. The molecule has 1 saturated carbocycles. The lowest BCUT2D eigenvalue weighted by Crippen LogP contribution is -2.44. The van der Waals surface area contributed by atoms with E-state index in [0.717, 1.165) is 25.3 Å². The molecule has 102 valence electrons. The molecule has 6 heteroatoms. The van der Waals surface area contributed by atoms with Crippen molar-refractivity contribution in [2.24, 2.45) is 5.92 Å². The Morgan fingerprint density at radius 1 is 1.37 bits per heavy atom. The zero-order chi connectivity index (χ0) is 13.6. The first-order valence-electron chi connectivity index (χ1n) is 6.26. The molecule has 3 nitrogen and oxygen atoms in total. The van der Waals surface area contributed by atoms with Gasteiger partial charge in [-0.2, -0.15) is 0 Å². The van der Waals surface area contributed by atoms with Gasteiger partial charge >= 0.3 is 0 Å². The Bertz CT molecular complexity index is 538. The van der Waals surface area contributed by atoms with Crippen molar-refractivity contribution in [3.8, 4) is 0 Å². The molecule has 2 aliphatic rings. The van der Waals surface area contributed by atoms with Crippen LogP contribution < -0.4 is 10.6 Å². The van der Waals surface area contributed by atoms with Crippen molar-refractivity contribution >= 4 is 23.2 Å². The van der Waals surface area contributed by atoms with E-state index in [9.17, 15) is 13.6 Å². The van der Waals surface area contributed by atoms with Gasteiger partial charge in [0.2, 0.25) is 5.91 Å². The zero-order valence-electron chi connectivity index (χ0n) is 10.1. The van der Waals surface area contributed by atoms with E-state index >= 15 is 0 Å². The molecule has 0 radical (unpaired) electrons. The van der Waals surface area contributed by atoms with Crippen LogP contribution >= 0.6 is 11.6 Å². The van der Waals surface area contributed by atoms with E-state index in [4.69, 9.17) is 11.6 Å². The Labute approximate surface area is 114 Å². The predicted octanol–water partition coefficient (Wildman–Crippen LogP) is 2.70. The van der Waals surface area contributed by atoms with Gasteiger partial charge in [-0.1, -0.05) is 11.6 Å². The minimum absolute atomic E-state index is 0.0824. The second-order valence-electron chi connectivity index (χ2n) is 5.13. The number of rotatable bonds is 2. The normalized spacial score (nSPS) is 28.7. The summed E-state index contributed by atoms with van der Waals surface area (Å²) in [6.45, 7) is 0. The smallest absolute Gasteiger partial charge is 0.241 e. The summed E-state index contributed by atoms with van der Waals surface area (Å²) >= 11 is 5.47. The molecule has 1 aliphatic carbocycles. The third-order valence-electron chi connectivity index (χ3n) is 3.94. The molecule has 1 amide bonds. The van der Waals surface area contributed by atoms with Gasteiger partial charge in [-0.3, -0.25) is 4.79 Å². The molecule has 3 atom stereocenters. The maximum atomic E-state index is 13.7. The summed E-state index contributed by atoms with van der Waals surface area (Å²) in [5, 5.41) is 5.09. The Kier molecular flexibility index (Phi) is 3.19. The predicted molar refractivity (Wildman–Crippen MR) is 68.1 cm³/mol. The molecular formula is C13H13ClF2N2O. The van der Waals surface area contributed by atoms with Crippen LogP contribution in [0.5, 0.6) is 0 Å². The molecule has 0 unspecified atom stereocenters. The van der Waals surface area contributed by atoms with Gasteiger partial charge in [0, 0.05) is 6.04 Å². The van der Waals surface area contributed by atoms with Gasteiger partial charge in [-0.05, 0) is 37.3 Å². The average molecular weight is 287 g/mol. The van der Waals surface area contributed by atoms with E-state index in [-0.39, 0.29) is 17.6 Å². The van der Waals surface area contributed by atoms with Crippen LogP contribution in [0.2, 0.25) is 5.02 Å². The van der Waals surface area contributed by atoms with E-state index < -0.39 is 16.7 Å². The van der Waals surface area contributed by atoms with Gasteiger partial charge < -0.3 is 10.6 Å². The third-order valence-corrected chi connectivity index (χ3v) is 4.28. The summed E-state index contributed by atoms with van der Waals surface area (Å²) in [6.07, 6.45) is 3.10. The van der Waals surface area contributed by atoms with E-state index in [2.05, 4.69) is 10.6 Å². The lowest BCUT2D eigenvalue weighted by atomic mass is 9.99. The number of amides is 1. The van der Waals surface area contributed by atoms with Crippen molar-refractivity contribution in [3.63, 3.8) is 0 Å². The molecule has 2 N–H and O–H groups in total. The second-order valence-corrected chi connectivity index (χ2v) is 5.50. The van der Waals surface area contributed by atoms with Crippen LogP contribution in [-0.4, -0.2) is 18.0 Å². The van der Waals surface area contributed by atoms with Gasteiger partial charge in [0.15, 0.2) is 5.82 Å². The van der Waals surface area contributed by atoms with Crippen LogP contribution in [-0.2, 0) is 4.79 Å². The van der Waals surface area contributed by atoms with Crippen LogP contribution in [0, 0.1) is 17.6 Å². The number of hydrogen-bond donors (Lipinski definition) is 2. The van der Waals surface area contributed by atoms with E-state index in [0.29, 0.717) is 12.0 Å². The number of piperidine rings is 1. The molecule has 1 heterocycles. The average Bonchev–Trinajstić information content (AvgIpc) is 3.02. The lowest BCUT2D eigenvalue weighted by molar-refractivity contribution is -0.119. The quantitative estimate of drug-likeness (QED) is 0.821. The van der Waals surface area contributed by atoms with Gasteiger partial charge in [0.05, 0.1) is 11.7 Å². The van der Waals surface area contributed by atoms with Crippen molar-refractivity contribution < 1.29 is 13.6 Å². The van der Waals surface area contributed by atoms with Crippen LogP contribution in [0.15, 0.2) is 12.1 Å². The summed E-state index contributed by atoms with van der Waals surface area (Å²) in [4.78, 5) is 12.1. The molecule has 1 saturated heterocycles. The first-order valence-corrected chi connectivity index (χ1v) is 6.64. The minimum atomic E-state index is -0.932. The van der Waals surface area contributed by atoms with Crippen molar-refractivity contribution in [2.45, 2.75) is 31.3 Å². The van der Waals surface area contributed by atoms with Crippen molar-refractivity contribution in [1.29, 1.82) is 0 Å². The van der Waals surface area contributed by atoms with Crippen LogP contribution in [0.25, 0.3) is 0 Å². The number of fused-ring (bicyclic) bond motifs is 2. The van der Waals surface area contributed by atoms with Gasteiger partial charge in [0.25, 0.3) is 0 Å². The molecule has 0 aromatic heterocycles. The van der Waals surface area contributed by atoms with Crippen molar-refractivity contribution in [3.05, 3.63) is 28.8 Å². The van der Waals surface area contributed by atoms with E-state index in [1.54, 1.807) is 0 Å². The fourth-order valence-corrected chi connectivity index (χ4v) is 3.15. The Balaban J connectivity index is 1.75. The largest absolute Gasteiger partial charge is 0.322 e. The highest BCUT2D eigenvalue weighted by Gasteiger charge is 2.42. The maximum Gasteiger partial charge on any atom is 0.241 e. The monoisotopic (exact) mass is 286 g/mol. The standard InChI is InChI=1S/C13H13ClF2N2O/c14-10-8(15)3-4-9(11(10)16)18-13(19)12-6-1-2-7(5-6)17-12/h3-4,6-7,12,17H,1-2,5H2,(H,18,19)/t6-,7+,12-/m0/s1. The number of hydrogen-bond acceptors (Lipinski definition) is 2. The SMILES string of the molecule is O=C(Nc1ccc(F)c(Cl)c1F)[C@H]1N[C@@H]2CC[C@H]1C2. The van der Waals surface area contributed by atoms with Crippen LogP contribution in [0.3, 0.4) is 0 Å². The molecule has 0 spiro atoms. The number of carbonyl (C=O) groups excluding carboxylic acids is 1. The van der Waals surface area contributed by atoms with Gasteiger partial charge in [-0.25, -0.2) is 8.78 Å². The Morgan fingerprint density at radius 2 is 2.16 bits per heavy atom. The van der Waals surface area contributed by atoms with E-state index in [1.807, 2.05) is 0 Å². The fourth-order valence-electron chi connectivity index (χ4n) is 2.98. The summed E-state index contributed by atoms with van der Waals surface area (Å²) < 4.78 is 26.7. The van der Waals surface area contributed by atoms with Crippen LogP contribution in [0.4, 0.5) is 14.5 Å². The number of anilines is 1. The first kappa shape index (κ1) is 12.8. The minimum Gasteiger partial charge on any atom is -0.322 e. The Morgan fingerprint density at radius 3 is 2.79 bits per heavy atom. The number of benzene rings is 1. The molecular weight excluding hydrogens is 274 g/mol. The third kappa shape index (κ3) is 2.21. The van der Waals surface area contributed by atoms with Gasteiger partial charge in [0.1, 0.15) is 10.8 Å². The van der Waals surface area contributed by atoms with Gasteiger partial charge in [-0.15, -0.1) is 0 Å². The topological polar surface area (TPSA) is 41.1 Å². The molecule has 1 aromatic rings. The van der Waals surface area contributed by atoms with E-state index in [1.165, 1.54) is 6.07 Å². The number of carbonyl (C=O) groups is 1. The summed E-state index contributed by atoms with van der Waals surface area (Å²) in [5.41, 5.74) is -0.0824. The molecule has 2 bridgehead atoms. The highest BCUT2D eigenvalue weighted by Crippen LogP contribution is 2.36. The van der Waals surface area contributed by atoms with Crippen molar-refractivity contribution in [2.75, 3.05) is 5.32 Å². The number of halogens is 3. The lowest BCUT2D eigenvalue weighted by Gasteiger charge is -2.22. The molecule has 2 fully saturated rings.